The first kappa shape index (κ1) is 16.3. The van der Waals surface area contributed by atoms with Gasteiger partial charge in [0, 0.05) is 39.0 Å². The summed E-state index contributed by atoms with van der Waals surface area (Å²) in [5.41, 5.74) is 2.77. The van der Waals surface area contributed by atoms with Crippen LogP contribution in [0.15, 0.2) is 24.3 Å². The summed E-state index contributed by atoms with van der Waals surface area (Å²) in [4.78, 5) is 2.51. The van der Waals surface area contributed by atoms with Gasteiger partial charge in [0.15, 0.2) is 0 Å². The first-order valence-corrected chi connectivity index (χ1v) is 8.33. The number of hydrogen-bond acceptors (Lipinski definition) is 3. The molecule has 21 heavy (non-hydrogen) atoms. The maximum Gasteiger partial charge on any atom is 0.0587 e. The zero-order valence-corrected chi connectivity index (χ0v) is 13.6. The molecule has 1 aromatic carbocycles. The van der Waals surface area contributed by atoms with Gasteiger partial charge in [-0.2, -0.15) is 0 Å². The molecule has 1 saturated carbocycles. The molecule has 0 atom stereocenters. The van der Waals surface area contributed by atoms with Gasteiger partial charge in [-0.15, -0.1) is 0 Å². The van der Waals surface area contributed by atoms with Crippen LogP contribution in [0.25, 0.3) is 0 Å². The number of rotatable bonds is 7. The molecule has 3 nitrogen and oxygen atoms in total. The third-order valence-corrected chi connectivity index (χ3v) is 4.54. The SMILES string of the molecule is COCCNCc1ccccc1N(C)C1CCCCCC1. The lowest BCUT2D eigenvalue weighted by Gasteiger charge is -2.31. The van der Waals surface area contributed by atoms with Crippen LogP contribution in [0.1, 0.15) is 44.1 Å². The molecular weight excluding hydrogens is 260 g/mol. The molecule has 0 aliphatic heterocycles. The molecular formula is C18H30N2O. The highest BCUT2D eigenvalue weighted by atomic mass is 16.5. The van der Waals surface area contributed by atoms with E-state index in [1.165, 1.54) is 49.8 Å². The van der Waals surface area contributed by atoms with E-state index in [1.54, 1.807) is 7.11 Å². The van der Waals surface area contributed by atoms with Crippen LogP contribution in [0.4, 0.5) is 5.69 Å². The number of para-hydroxylation sites is 1. The third-order valence-electron chi connectivity index (χ3n) is 4.54. The van der Waals surface area contributed by atoms with Crippen molar-refractivity contribution in [1.29, 1.82) is 0 Å². The molecule has 1 aliphatic carbocycles. The number of hydrogen-bond donors (Lipinski definition) is 1. The van der Waals surface area contributed by atoms with Crippen molar-refractivity contribution in [2.75, 3.05) is 32.2 Å². The molecule has 0 amide bonds. The Balaban J connectivity index is 1.99. The molecule has 0 saturated heterocycles. The summed E-state index contributed by atoms with van der Waals surface area (Å²) in [6.45, 7) is 2.58. The summed E-state index contributed by atoms with van der Waals surface area (Å²) in [5.74, 6) is 0. The van der Waals surface area contributed by atoms with Crippen LogP contribution in [0.5, 0.6) is 0 Å². The van der Waals surface area contributed by atoms with E-state index in [0.29, 0.717) is 6.04 Å². The second-order valence-electron chi connectivity index (χ2n) is 6.05. The fraction of sp³-hybridized carbons (Fsp3) is 0.667. The molecule has 0 heterocycles. The quantitative estimate of drug-likeness (QED) is 0.613. The van der Waals surface area contributed by atoms with Crippen molar-refractivity contribution in [3.63, 3.8) is 0 Å². The van der Waals surface area contributed by atoms with Crippen molar-refractivity contribution in [1.82, 2.24) is 5.32 Å². The molecule has 118 valence electrons. The van der Waals surface area contributed by atoms with Crippen LogP contribution in [0.3, 0.4) is 0 Å². The fourth-order valence-corrected chi connectivity index (χ4v) is 3.24. The number of methoxy groups -OCH3 is 1. The lowest BCUT2D eigenvalue weighted by molar-refractivity contribution is 0.199. The Bertz CT molecular complexity index is 400. The van der Waals surface area contributed by atoms with Crippen molar-refractivity contribution in [3.05, 3.63) is 29.8 Å². The molecule has 0 bridgehead atoms. The summed E-state index contributed by atoms with van der Waals surface area (Å²) in [7, 11) is 4.01. The third kappa shape index (κ3) is 5.01. The molecule has 0 radical (unpaired) electrons. The molecule has 1 N–H and O–H groups in total. The van der Waals surface area contributed by atoms with E-state index in [1.807, 2.05) is 0 Å². The van der Waals surface area contributed by atoms with E-state index in [4.69, 9.17) is 4.74 Å². The molecule has 1 aromatic rings. The summed E-state index contributed by atoms with van der Waals surface area (Å²) in [5, 5.41) is 3.46. The van der Waals surface area contributed by atoms with Crippen LogP contribution < -0.4 is 10.2 Å². The summed E-state index contributed by atoms with van der Waals surface area (Å²) < 4.78 is 5.09. The predicted octanol–water partition coefficient (Wildman–Crippen LogP) is 3.58. The van der Waals surface area contributed by atoms with E-state index in [0.717, 1.165) is 19.7 Å². The van der Waals surface area contributed by atoms with Crippen LogP contribution in [-0.4, -0.2) is 33.4 Å². The fourth-order valence-electron chi connectivity index (χ4n) is 3.24. The predicted molar refractivity (Wildman–Crippen MR) is 89.9 cm³/mol. The van der Waals surface area contributed by atoms with Crippen LogP contribution in [-0.2, 0) is 11.3 Å². The Labute approximate surface area is 129 Å². The Morgan fingerprint density at radius 3 is 2.57 bits per heavy atom. The van der Waals surface area contributed by atoms with Gasteiger partial charge in [-0.25, -0.2) is 0 Å². The van der Waals surface area contributed by atoms with Crippen molar-refractivity contribution in [3.8, 4) is 0 Å². The second-order valence-corrected chi connectivity index (χ2v) is 6.05. The van der Waals surface area contributed by atoms with Gasteiger partial charge in [-0.3, -0.25) is 0 Å². The Kier molecular flexibility index (Phi) is 7.04. The smallest absolute Gasteiger partial charge is 0.0587 e. The Morgan fingerprint density at radius 1 is 1.14 bits per heavy atom. The summed E-state index contributed by atoms with van der Waals surface area (Å²) in [6.07, 6.45) is 8.24. The Morgan fingerprint density at radius 2 is 1.86 bits per heavy atom. The first-order chi connectivity index (χ1) is 10.3. The van der Waals surface area contributed by atoms with Gasteiger partial charge in [-0.1, -0.05) is 43.9 Å². The molecule has 2 rings (SSSR count). The minimum absolute atomic E-state index is 0.702. The molecule has 3 heteroatoms. The van der Waals surface area contributed by atoms with E-state index in [2.05, 4.69) is 41.5 Å². The van der Waals surface area contributed by atoms with Crippen LogP contribution in [0.2, 0.25) is 0 Å². The van der Waals surface area contributed by atoms with Crippen molar-refractivity contribution in [2.24, 2.45) is 0 Å². The number of nitrogens with one attached hydrogen (secondary N) is 1. The van der Waals surface area contributed by atoms with E-state index >= 15 is 0 Å². The van der Waals surface area contributed by atoms with Crippen molar-refractivity contribution >= 4 is 5.69 Å². The van der Waals surface area contributed by atoms with Gasteiger partial charge in [-0.05, 0) is 24.5 Å². The van der Waals surface area contributed by atoms with E-state index < -0.39 is 0 Å². The molecule has 1 aliphatic rings. The minimum Gasteiger partial charge on any atom is -0.383 e. The van der Waals surface area contributed by atoms with E-state index in [-0.39, 0.29) is 0 Å². The van der Waals surface area contributed by atoms with E-state index in [9.17, 15) is 0 Å². The highest BCUT2D eigenvalue weighted by molar-refractivity contribution is 5.53. The topological polar surface area (TPSA) is 24.5 Å². The van der Waals surface area contributed by atoms with Crippen LogP contribution in [0, 0.1) is 0 Å². The van der Waals surface area contributed by atoms with Gasteiger partial charge in [0.25, 0.3) is 0 Å². The Hall–Kier alpha value is -1.06. The zero-order chi connectivity index (χ0) is 14.9. The van der Waals surface area contributed by atoms with Crippen molar-refractivity contribution in [2.45, 2.75) is 51.1 Å². The molecule has 1 fully saturated rings. The normalized spacial score (nSPS) is 16.7. The molecule has 0 aromatic heterocycles. The van der Waals surface area contributed by atoms with Gasteiger partial charge >= 0.3 is 0 Å². The maximum atomic E-state index is 5.09. The highest BCUT2D eigenvalue weighted by Gasteiger charge is 2.18. The molecule has 0 spiro atoms. The number of nitrogens with zero attached hydrogens (tertiary/aromatic N) is 1. The minimum atomic E-state index is 0.702. The standard InChI is InChI=1S/C18H30N2O/c1-20(17-10-5-3-4-6-11-17)18-12-8-7-9-16(18)15-19-13-14-21-2/h7-9,12,17,19H,3-6,10-11,13-15H2,1-2H3. The average Bonchev–Trinajstić information content (AvgIpc) is 2.80. The summed E-state index contributed by atoms with van der Waals surface area (Å²) >= 11 is 0. The van der Waals surface area contributed by atoms with Gasteiger partial charge < -0.3 is 15.0 Å². The average molecular weight is 290 g/mol. The lowest BCUT2D eigenvalue weighted by atomic mass is 10.0. The highest BCUT2D eigenvalue weighted by Crippen LogP contribution is 2.27. The monoisotopic (exact) mass is 290 g/mol. The van der Waals surface area contributed by atoms with Gasteiger partial charge in [0.05, 0.1) is 6.61 Å². The number of ether oxygens (including phenoxy) is 1. The van der Waals surface area contributed by atoms with Crippen molar-refractivity contribution < 1.29 is 4.74 Å². The number of anilines is 1. The maximum absolute atomic E-state index is 5.09. The van der Waals surface area contributed by atoms with Gasteiger partial charge in [0.2, 0.25) is 0 Å². The largest absolute Gasteiger partial charge is 0.383 e. The lowest BCUT2D eigenvalue weighted by Crippen LogP contribution is -2.32. The number of benzene rings is 1. The van der Waals surface area contributed by atoms with Gasteiger partial charge in [0.1, 0.15) is 0 Å². The first-order valence-electron chi connectivity index (χ1n) is 8.33. The summed E-state index contributed by atoms with van der Waals surface area (Å²) in [6, 6.07) is 9.49. The second kappa shape index (κ2) is 9.06. The molecule has 0 unspecified atom stereocenters. The zero-order valence-electron chi connectivity index (χ0n) is 13.6. The van der Waals surface area contributed by atoms with Crippen LogP contribution >= 0.6 is 0 Å².